The number of aromatic nitrogens is 3. The maximum Gasteiger partial charge on any atom is 0.356 e. The number of aromatic amines is 1. The predicted octanol–water partition coefficient (Wildman–Crippen LogP) is 5.19. The molecule has 166 valence electrons. The standard InChI is InChI=1S/C23H23FN4O3S/c1-4-31-19-9-18(28-21(19)23(29)30)17-10-20(27-11-26-17)25-6-5-15-13(3)32-22-12(2)7-14(24)8-16(15)22/h7-11,28H,4-6H2,1-3H3,(H,29,30)(H,25,26,27). The molecule has 9 heteroatoms. The maximum absolute atomic E-state index is 13.9. The van der Waals surface area contributed by atoms with Gasteiger partial charge in [0.2, 0.25) is 0 Å². The molecule has 7 nitrogen and oxygen atoms in total. The molecule has 4 aromatic rings. The summed E-state index contributed by atoms with van der Waals surface area (Å²) in [6, 6.07) is 6.54. The number of fused-ring (bicyclic) bond motifs is 1. The highest BCUT2D eigenvalue weighted by Gasteiger charge is 2.18. The fourth-order valence-electron chi connectivity index (χ4n) is 3.72. The van der Waals surface area contributed by atoms with Gasteiger partial charge in [-0.25, -0.2) is 19.2 Å². The van der Waals surface area contributed by atoms with Crippen LogP contribution >= 0.6 is 11.3 Å². The Kier molecular flexibility index (Phi) is 6.09. The Morgan fingerprint density at radius 2 is 2.06 bits per heavy atom. The Morgan fingerprint density at radius 1 is 1.25 bits per heavy atom. The summed E-state index contributed by atoms with van der Waals surface area (Å²) < 4.78 is 20.5. The van der Waals surface area contributed by atoms with Crippen molar-refractivity contribution in [3.05, 3.63) is 58.1 Å². The van der Waals surface area contributed by atoms with Gasteiger partial charge in [-0.05, 0) is 55.8 Å². The highest BCUT2D eigenvalue weighted by molar-refractivity contribution is 7.19. The van der Waals surface area contributed by atoms with Crippen LogP contribution in [-0.4, -0.2) is 39.2 Å². The third-order valence-corrected chi connectivity index (χ3v) is 6.46. The molecule has 0 bridgehead atoms. The normalized spacial score (nSPS) is 11.1. The van der Waals surface area contributed by atoms with Gasteiger partial charge in [-0.3, -0.25) is 0 Å². The molecule has 0 aliphatic rings. The summed E-state index contributed by atoms with van der Waals surface area (Å²) in [6.07, 6.45) is 2.14. The van der Waals surface area contributed by atoms with Crippen LogP contribution in [0.1, 0.15) is 33.4 Å². The van der Waals surface area contributed by atoms with Gasteiger partial charge in [-0.2, -0.15) is 0 Å². The summed E-state index contributed by atoms with van der Waals surface area (Å²) >= 11 is 1.69. The largest absolute Gasteiger partial charge is 0.491 e. The number of aryl methyl sites for hydroxylation is 2. The molecule has 3 aromatic heterocycles. The van der Waals surface area contributed by atoms with E-state index < -0.39 is 5.97 Å². The summed E-state index contributed by atoms with van der Waals surface area (Å²) in [7, 11) is 0. The Bertz CT molecular complexity index is 1300. The number of aromatic carboxylic acids is 1. The SMILES string of the molecule is CCOc1cc(-c2cc(NCCc3c(C)sc4c(C)cc(F)cc34)ncn2)[nH]c1C(=O)O. The van der Waals surface area contributed by atoms with Crippen LogP contribution in [-0.2, 0) is 6.42 Å². The molecule has 3 N–H and O–H groups in total. The first kappa shape index (κ1) is 21.8. The molecule has 1 aromatic carbocycles. The van der Waals surface area contributed by atoms with Crippen molar-refractivity contribution in [3.8, 4) is 17.1 Å². The third-order valence-electron chi connectivity index (χ3n) is 5.16. The number of hydrogen-bond acceptors (Lipinski definition) is 6. The van der Waals surface area contributed by atoms with Crippen molar-refractivity contribution in [2.24, 2.45) is 0 Å². The number of hydrogen-bond donors (Lipinski definition) is 3. The Labute approximate surface area is 188 Å². The highest BCUT2D eigenvalue weighted by atomic mass is 32.1. The fourth-order valence-corrected chi connectivity index (χ4v) is 4.88. The average Bonchev–Trinajstić information content (AvgIpc) is 3.31. The number of anilines is 1. The number of nitrogens with zero attached hydrogens (tertiary/aromatic N) is 2. The van der Waals surface area contributed by atoms with E-state index in [9.17, 15) is 14.3 Å². The number of ether oxygens (including phenoxy) is 1. The molecular weight excluding hydrogens is 431 g/mol. The minimum atomic E-state index is -1.10. The fraction of sp³-hybridized carbons (Fsp3) is 0.261. The van der Waals surface area contributed by atoms with Crippen molar-refractivity contribution >= 4 is 33.2 Å². The molecule has 0 fully saturated rings. The van der Waals surface area contributed by atoms with Crippen LogP contribution in [0.15, 0.2) is 30.6 Å². The topological polar surface area (TPSA) is 100 Å². The number of benzene rings is 1. The number of nitrogens with one attached hydrogen (secondary N) is 2. The van der Waals surface area contributed by atoms with E-state index in [-0.39, 0.29) is 17.3 Å². The third kappa shape index (κ3) is 4.29. The zero-order chi connectivity index (χ0) is 22.8. The van der Waals surface area contributed by atoms with E-state index in [1.54, 1.807) is 42.5 Å². The molecule has 0 radical (unpaired) electrons. The lowest BCUT2D eigenvalue weighted by Crippen LogP contribution is -2.07. The number of carbonyl (C=O) groups is 1. The lowest BCUT2D eigenvalue weighted by atomic mass is 10.1. The van der Waals surface area contributed by atoms with E-state index in [0.717, 1.165) is 21.2 Å². The monoisotopic (exact) mass is 454 g/mol. The van der Waals surface area contributed by atoms with Crippen molar-refractivity contribution in [1.82, 2.24) is 15.0 Å². The molecule has 0 amide bonds. The van der Waals surface area contributed by atoms with Crippen LogP contribution in [0.2, 0.25) is 0 Å². The van der Waals surface area contributed by atoms with Crippen LogP contribution in [0.3, 0.4) is 0 Å². The van der Waals surface area contributed by atoms with Gasteiger partial charge in [0.1, 0.15) is 18.0 Å². The quantitative estimate of drug-likeness (QED) is 0.339. The Morgan fingerprint density at radius 3 is 2.81 bits per heavy atom. The van der Waals surface area contributed by atoms with Gasteiger partial charge in [-0.1, -0.05) is 0 Å². The second-order valence-corrected chi connectivity index (χ2v) is 8.59. The highest BCUT2D eigenvalue weighted by Crippen LogP contribution is 2.34. The molecule has 0 saturated carbocycles. The molecule has 4 rings (SSSR count). The van der Waals surface area contributed by atoms with Crippen molar-refractivity contribution in [2.45, 2.75) is 27.2 Å². The van der Waals surface area contributed by atoms with Crippen LogP contribution in [0.4, 0.5) is 10.2 Å². The number of H-pyrrole nitrogens is 1. The van der Waals surface area contributed by atoms with E-state index in [1.165, 1.54) is 11.2 Å². The molecule has 0 aliphatic heterocycles. The summed E-state index contributed by atoms with van der Waals surface area (Å²) in [4.78, 5) is 24.0. The summed E-state index contributed by atoms with van der Waals surface area (Å²) in [6.45, 7) is 6.74. The minimum Gasteiger partial charge on any atom is -0.491 e. The molecular formula is C23H23FN4O3S. The second-order valence-electron chi connectivity index (χ2n) is 7.36. The summed E-state index contributed by atoms with van der Waals surface area (Å²) in [5.74, 6) is -0.442. The maximum atomic E-state index is 13.9. The summed E-state index contributed by atoms with van der Waals surface area (Å²) in [5.41, 5.74) is 3.14. The Hall–Kier alpha value is -3.46. The van der Waals surface area contributed by atoms with Crippen molar-refractivity contribution < 1.29 is 19.0 Å². The van der Waals surface area contributed by atoms with Gasteiger partial charge in [-0.15, -0.1) is 11.3 Å². The molecule has 0 atom stereocenters. The first-order chi connectivity index (χ1) is 15.4. The zero-order valence-corrected chi connectivity index (χ0v) is 18.8. The number of thiophene rings is 1. The van der Waals surface area contributed by atoms with Crippen LogP contribution in [0.5, 0.6) is 5.75 Å². The molecule has 3 heterocycles. The van der Waals surface area contributed by atoms with Gasteiger partial charge < -0.3 is 20.1 Å². The predicted molar refractivity (Wildman–Crippen MR) is 123 cm³/mol. The van der Waals surface area contributed by atoms with Gasteiger partial charge in [0.25, 0.3) is 0 Å². The van der Waals surface area contributed by atoms with E-state index in [0.29, 0.717) is 36.8 Å². The second kappa shape index (κ2) is 8.96. The molecule has 0 spiro atoms. The number of rotatable bonds is 8. The van der Waals surface area contributed by atoms with Gasteiger partial charge >= 0.3 is 5.97 Å². The van der Waals surface area contributed by atoms with Crippen molar-refractivity contribution in [3.63, 3.8) is 0 Å². The van der Waals surface area contributed by atoms with Gasteiger partial charge in [0, 0.05) is 28.3 Å². The molecule has 0 unspecified atom stereocenters. The zero-order valence-electron chi connectivity index (χ0n) is 18.0. The molecule has 0 saturated heterocycles. The molecule has 0 aliphatic carbocycles. The average molecular weight is 455 g/mol. The first-order valence-corrected chi connectivity index (χ1v) is 11.0. The van der Waals surface area contributed by atoms with Gasteiger partial charge in [0.05, 0.1) is 18.0 Å². The minimum absolute atomic E-state index is 0.0164. The number of carboxylic acids is 1. The van der Waals surface area contributed by atoms with Crippen molar-refractivity contribution in [1.29, 1.82) is 0 Å². The number of carboxylic acid groups (broad SMARTS) is 1. The smallest absolute Gasteiger partial charge is 0.356 e. The lowest BCUT2D eigenvalue weighted by Gasteiger charge is -2.07. The van der Waals surface area contributed by atoms with E-state index >= 15 is 0 Å². The Balaban J connectivity index is 1.51. The van der Waals surface area contributed by atoms with Gasteiger partial charge in [0.15, 0.2) is 11.4 Å². The lowest BCUT2D eigenvalue weighted by molar-refractivity contribution is 0.0687. The molecule has 32 heavy (non-hydrogen) atoms. The van der Waals surface area contributed by atoms with Crippen LogP contribution in [0, 0.1) is 19.7 Å². The van der Waals surface area contributed by atoms with E-state index in [1.807, 2.05) is 6.92 Å². The van der Waals surface area contributed by atoms with Crippen LogP contribution in [0.25, 0.3) is 21.5 Å². The summed E-state index contributed by atoms with van der Waals surface area (Å²) in [5, 5.41) is 13.6. The van der Waals surface area contributed by atoms with Crippen LogP contribution < -0.4 is 10.1 Å². The van der Waals surface area contributed by atoms with E-state index in [2.05, 4.69) is 27.2 Å². The van der Waals surface area contributed by atoms with Crippen molar-refractivity contribution in [2.75, 3.05) is 18.5 Å². The van der Waals surface area contributed by atoms with E-state index in [4.69, 9.17) is 4.74 Å². The number of halogens is 1. The first-order valence-electron chi connectivity index (χ1n) is 10.2.